The number of anilines is 1. The molecule has 0 N–H and O–H groups in total. The fourth-order valence-corrected chi connectivity index (χ4v) is 2.08. The van der Waals surface area contributed by atoms with Gasteiger partial charge < -0.3 is 14.4 Å². The summed E-state index contributed by atoms with van der Waals surface area (Å²) in [5.41, 5.74) is 0.000402. The maximum atomic E-state index is 12.0. The first-order chi connectivity index (χ1) is 11.3. The zero-order chi connectivity index (χ0) is 17.9. The summed E-state index contributed by atoms with van der Waals surface area (Å²) in [7, 11) is 3.27. The number of nitro benzene ring substituents is 1. The van der Waals surface area contributed by atoms with Crippen molar-refractivity contribution in [2.45, 2.75) is 0 Å². The van der Waals surface area contributed by atoms with E-state index in [1.54, 1.807) is 14.1 Å². The van der Waals surface area contributed by atoms with Gasteiger partial charge in [0.2, 0.25) is 0 Å². The van der Waals surface area contributed by atoms with E-state index in [1.807, 2.05) is 0 Å². The van der Waals surface area contributed by atoms with E-state index < -0.39 is 29.5 Å². The molecule has 1 aromatic carbocycles. The van der Waals surface area contributed by atoms with Crippen LogP contribution in [0.3, 0.4) is 0 Å². The van der Waals surface area contributed by atoms with Gasteiger partial charge in [-0.1, -0.05) is 0 Å². The minimum atomic E-state index is -0.899. The van der Waals surface area contributed by atoms with E-state index >= 15 is 0 Å². The average Bonchev–Trinajstić information content (AvgIpc) is 2.97. The van der Waals surface area contributed by atoms with Crippen LogP contribution in [0.1, 0.15) is 10.4 Å². The number of amides is 2. The van der Waals surface area contributed by atoms with E-state index in [0.717, 1.165) is 11.0 Å². The lowest BCUT2D eigenvalue weighted by molar-refractivity contribution is -0.384. The van der Waals surface area contributed by atoms with Gasteiger partial charge in [-0.2, -0.15) is 0 Å². The Hall–Kier alpha value is -3.17. The highest BCUT2D eigenvalue weighted by molar-refractivity contribution is 5.96. The van der Waals surface area contributed by atoms with Crippen LogP contribution in [0.2, 0.25) is 0 Å². The fraction of sp³-hybridized carbons (Fsp3) is 0.357. The molecule has 1 heterocycles. The fourth-order valence-electron chi connectivity index (χ4n) is 2.08. The molecule has 2 rings (SSSR count). The number of carbonyl (C=O) groups is 3. The number of carbonyl (C=O) groups excluding carboxylic acids is 3. The third-order valence-electron chi connectivity index (χ3n) is 3.28. The van der Waals surface area contributed by atoms with Crippen molar-refractivity contribution in [1.82, 2.24) is 4.90 Å². The lowest BCUT2D eigenvalue weighted by Gasteiger charge is -2.13. The molecule has 10 heteroatoms. The predicted molar refractivity (Wildman–Crippen MR) is 80.8 cm³/mol. The first-order valence-corrected chi connectivity index (χ1v) is 6.91. The summed E-state index contributed by atoms with van der Waals surface area (Å²) in [6.07, 6.45) is -0.790. The number of cyclic esters (lactones) is 1. The average molecular weight is 337 g/mol. The van der Waals surface area contributed by atoms with Crippen LogP contribution < -0.4 is 4.90 Å². The molecule has 0 radical (unpaired) electrons. The second-order valence-electron chi connectivity index (χ2n) is 5.09. The molecule has 0 aromatic heterocycles. The summed E-state index contributed by atoms with van der Waals surface area (Å²) in [4.78, 5) is 47.8. The monoisotopic (exact) mass is 337 g/mol. The van der Waals surface area contributed by atoms with Gasteiger partial charge in [-0.3, -0.25) is 14.9 Å². The number of hydrogen-bond acceptors (Lipinski definition) is 8. The number of rotatable bonds is 5. The van der Waals surface area contributed by atoms with Gasteiger partial charge >= 0.3 is 12.1 Å². The lowest BCUT2D eigenvalue weighted by atomic mass is 10.1. The molecule has 1 aliphatic rings. The normalized spacial score (nSPS) is 13.4. The zero-order valence-corrected chi connectivity index (χ0v) is 13.1. The molecule has 0 bridgehead atoms. The van der Waals surface area contributed by atoms with Crippen molar-refractivity contribution in [2.24, 2.45) is 0 Å². The Morgan fingerprint density at radius 1 is 1.42 bits per heavy atom. The molecule has 1 aromatic rings. The minimum absolute atomic E-state index is 0.0656. The van der Waals surface area contributed by atoms with Crippen molar-refractivity contribution in [3.8, 4) is 0 Å². The number of imide groups is 1. The molecule has 1 fully saturated rings. The number of benzene rings is 1. The lowest BCUT2D eigenvalue weighted by Crippen LogP contribution is -2.35. The number of nitrogens with zero attached hydrogens (tertiary/aromatic N) is 3. The molecular formula is C14H15N3O7. The zero-order valence-electron chi connectivity index (χ0n) is 13.1. The van der Waals surface area contributed by atoms with Crippen LogP contribution in [-0.4, -0.2) is 61.6 Å². The number of ether oxygens (including phenoxy) is 2. The Balaban J connectivity index is 2.07. The summed E-state index contributed by atoms with van der Waals surface area (Å²) in [5, 5.41) is 11.1. The van der Waals surface area contributed by atoms with Crippen molar-refractivity contribution >= 4 is 29.3 Å². The summed E-state index contributed by atoms with van der Waals surface area (Å²) in [6.45, 7) is -0.466. The van der Waals surface area contributed by atoms with Gasteiger partial charge in [0.1, 0.15) is 12.3 Å². The predicted octanol–water partition coefficient (Wildman–Crippen LogP) is 0.796. The summed E-state index contributed by atoms with van der Waals surface area (Å²) in [5.74, 6) is -1.62. The van der Waals surface area contributed by atoms with Gasteiger partial charge in [0.15, 0.2) is 6.61 Å². The number of hydrogen-bond donors (Lipinski definition) is 0. The highest BCUT2D eigenvalue weighted by atomic mass is 16.6. The Morgan fingerprint density at radius 3 is 2.67 bits per heavy atom. The highest BCUT2D eigenvalue weighted by Crippen LogP contribution is 2.27. The van der Waals surface area contributed by atoms with Gasteiger partial charge in [0.25, 0.3) is 11.6 Å². The maximum Gasteiger partial charge on any atom is 0.416 e. The van der Waals surface area contributed by atoms with Crippen molar-refractivity contribution < 1.29 is 28.8 Å². The van der Waals surface area contributed by atoms with Crippen molar-refractivity contribution in [3.63, 3.8) is 0 Å². The molecule has 1 saturated heterocycles. The van der Waals surface area contributed by atoms with E-state index in [2.05, 4.69) is 4.74 Å². The summed E-state index contributed by atoms with van der Waals surface area (Å²) >= 11 is 0. The molecule has 0 saturated carbocycles. The van der Waals surface area contributed by atoms with Gasteiger partial charge in [-0.15, -0.1) is 0 Å². The van der Waals surface area contributed by atoms with Gasteiger partial charge in [-0.25, -0.2) is 14.5 Å². The SMILES string of the molecule is CN(C)c1ccc(C(=O)OCC(=O)N2CCOC2=O)cc1[N+](=O)[O-]. The van der Waals surface area contributed by atoms with E-state index in [0.29, 0.717) is 5.69 Å². The topological polar surface area (TPSA) is 119 Å². The Kier molecular flexibility index (Phi) is 4.97. The van der Waals surface area contributed by atoms with Gasteiger partial charge in [-0.05, 0) is 12.1 Å². The van der Waals surface area contributed by atoms with Crippen LogP contribution in [0.15, 0.2) is 18.2 Å². The van der Waals surface area contributed by atoms with Crippen molar-refractivity contribution in [1.29, 1.82) is 0 Å². The van der Waals surface area contributed by atoms with Crippen LogP contribution in [-0.2, 0) is 14.3 Å². The quantitative estimate of drug-likeness (QED) is 0.439. The molecule has 0 aliphatic carbocycles. The molecule has 128 valence electrons. The molecule has 1 aliphatic heterocycles. The molecular weight excluding hydrogens is 322 g/mol. The van der Waals surface area contributed by atoms with Gasteiger partial charge in [0.05, 0.1) is 17.0 Å². The van der Waals surface area contributed by atoms with Crippen LogP contribution in [0.4, 0.5) is 16.2 Å². The maximum absolute atomic E-state index is 12.0. The first kappa shape index (κ1) is 17.2. The highest BCUT2D eigenvalue weighted by Gasteiger charge is 2.29. The van der Waals surface area contributed by atoms with Crippen LogP contribution >= 0.6 is 0 Å². The first-order valence-electron chi connectivity index (χ1n) is 6.91. The van der Waals surface area contributed by atoms with E-state index in [4.69, 9.17) is 4.74 Å². The standard InChI is InChI=1S/C14H15N3O7/c1-15(2)10-4-3-9(7-11(10)17(21)22)13(19)24-8-12(18)16-5-6-23-14(16)20/h3-4,7H,5-6,8H2,1-2H3. The van der Waals surface area contributed by atoms with Crippen molar-refractivity contribution in [2.75, 3.05) is 38.8 Å². The van der Waals surface area contributed by atoms with Crippen LogP contribution in [0, 0.1) is 10.1 Å². The summed E-state index contributed by atoms with van der Waals surface area (Å²) in [6, 6.07) is 3.85. The molecule has 0 unspecified atom stereocenters. The second kappa shape index (κ2) is 6.94. The van der Waals surface area contributed by atoms with E-state index in [9.17, 15) is 24.5 Å². The summed E-state index contributed by atoms with van der Waals surface area (Å²) < 4.78 is 9.41. The van der Waals surface area contributed by atoms with Crippen LogP contribution in [0.5, 0.6) is 0 Å². The molecule has 24 heavy (non-hydrogen) atoms. The van der Waals surface area contributed by atoms with Gasteiger partial charge in [0, 0.05) is 20.2 Å². The molecule has 10 nitrogen and oxygen atoms in total. The third-order valence-corrected chi connectivity index (χ3v) is 3.28. The minimum Gasteiger partial charge on any atom is -0.452 e. The molecule has 0 atom stereocenters. The Labute approximate surface area is 136 Å². The van der Waals surface area contributed by atoms with E-state index in [-0.39, 0.29) is 24.4 Å². The number of nitro groups is 1. The third kappa shape index (κ3) is 3.59. The largest absolute Gasteiger partial charge is 0.452 e. The Bertz CT molecular complexity index is 702. The number of esters is 1. The second-order valence-corrected chi connectivity index (χ2v) is 5.09. The molecule has 2 amide bonds. The van der Waals surface area contributed by atoms with E-state index in [1.165, 1.54) is 17.0 Å². The molecule has 0 spiro atoms. The van der Waals surface area contributed by atoms with Crippen molar-refractivity contribution in [3.05, 3.63) is 33.9 Å². The Morgan fingerprint density at radius 2 is 2.12 bits per heavy atom. The van der Waals surface area contributed by atoms with Crippen LogP contribution in [0.25, 0.3) is 0 Å². The smallest absolute Gasteiger partial charge is 0.416 e.